The van der Waals surface area contributed by atoms with Crippen LogP contribution in [0.3, 0.4) is 0 Å². The lowest BCUT2D eigenvalue weighted by molar-refractivity contribution is -0.140. The van der Waals surface area contributed by atoms with Crippen LogP contribution in [0, 0.1) is 6.92 Å². The number of rotatable bonds is 4. The molecule has 7 heteroatoms. The van der Waals surface area contributed by atoms with Crippen molar-refractivity contribution in [2.24, 2.45) is 4.99 Å². The highest BCUT2D eigenvalue weighted by Crippen LogP contribution is 2.20. The topological polar surface area (TPSA) is 60.7 Å². The summed E-state index contributed by atoms with van der Waals surface area (Å²) in [7, 11) is 1.37. The number of carbonyl (C=O) groups excluding carboxylic acids is 2. The molecule has 0 aliphatic carbocycles. The molecule has 0 bridgehead atoms. The van der Waals surface area contributed by atoms with E-state index in [-0.39, 0.29) is 18.3 Å². The van der Waals surface area contributed by atoms with E-state index in [0.717, 1.165) is 15.8 Å². The molecule has 3 aromatic rings. The number of carbonyl (C=O) groups is 2. The number of esters is 1. The Labute approximate surface area is 146 Å². The highest BCUT2D eigenvalue weighted by Gasteiger charge is 2.11. The molecule has 2 heterocycles. The van der Waals surface area contributed by atoms with Crippen molar-refractivity contribution in [2.45, 2.75) is 19.9 Å². The highest BCUT2D eigenvalue weighted by atomic mass is 32.1. The molecule has 0 atom stereocenters. The third kappa shape index (κ3) is 3.47. The summed E-state index contributed by atoms with van der Waals surface area (Å²) in [5, 5.41) is 1.85. The largest absolute Gasteiger partial charge is 0.469 e. The fraction of sp³-hybridized carbons (Fsp3) is 0.235. The van der Waals surface area contributed by atoms with E-state index in [4.69, 9.17) is 4.74 Å². The highest BCUT2D eigenvalue weighted by molar-refractivity contribution is 7.16. The Hall–Kier alpha value is -2.25. The molecule has 0 saturated heterocycles. The number of amides is 1. The third-order valence-electron chi connectivity index (χ3n) is 3.53. The van der Waals surface area contributed by atoms with Crippen LogP contribution in [0.2, 0.25) is 0 Å². The van der Waals surface area contributed by atoms with Crippen molar-refractivity contribution in [2.75, 3.05) is 7.11 Å². The summed E-state index contributed by atoms with van der Waals surface area (Å²) in [5.74, 6) is -0.551. The number of ether oxygens (including phenoxy) is 1. The van der Waals surface area contributed by atoms with Gasteiger partial charge in [0.25, 0.3) is 5.91 Å². The van der Waals surface area contributed by atoms with E-state index in [1.165, 1.54) is 29.8 Å². The molecule has 0 spiro atoms. The molecule has 24 heavy (non-hydrogen) atoms. The van der Waals surface area contributed by atoms with Crippen LogP contribution in [0.25, 0.3) is 10.2 Å². The van der Waals surface area contributed by atoms with Crippen LogP contribution in [0.5, 0.6) is 0 Å². The standard InChI is InChI=1S/C17H16N2O3S2/c1-11-5-6-12-14(10-11)24-17(19(12)8-7-15(20)22-2)18-16(21)13-4-3-9-23-13/h3-6,9-10H,7-8H2,1-2H3. The minimum atomic E-state index is -0.288. The molecule has 0 aliphatic heterocycles. The van der Waals surface area contributed by atoms with Crippen molar-refractivity contribution in [1.29, 1.82) is 0 Å². The number of hydrogen-bond acceptors (Lipinski definition) is 5. The molecule has 1 aromatic carbocycles. The molecular formula is C17H16N2O3S2. The minimum absolute atomic E-state index is 0.233. The van der Waals surface area contributed by atoms with E-state index in [2.05, 4.69) is 11.1 Å². The van der Waals surface area contributed by atoms with Gasteiger partial charge in [0.05, 0.1) is 28.6 Å². The van der Waals surface area contributed by atoms with Gasteiger partial charge in [0.2, 0.25) is 0 Å². The first-order valence-corrected chi connectivity index (χ1v) is 9.07. The summed E-state index contributed by atoms with van der Waals surface area (Å²) in [6.07, 6.45) is 0.233. The first-order valence-electron chi connectivity index (χ1n) is 7.38. The van der Waals surface area contributed by atoms with Crippen molar-refractivity contribution >= 4 is 44.8 Å². The molecule has 0 N–H and O–H groups in total. The van der Waals surface area contributed by atoms with Gasteiger partial charge in [-0.2, -0.15) is 4.99 Å². The maximum Gasteiger partial charge on any atom is 0.307 e. The van der Waals surface area contributed by atoms with Crippen LogP contribution in [0.15, 0.2) is 40.7 Å². The van der Waals surface area contributed by atoms with E-state index in [1.807, 2.05) is 35.1 Å². The van der Waals surface area contributed by atoms with E-state index >= 15 is 0 Å². The normalized spacial score (nSPS) is 11.8. The Bertz CT molecular complexity index is 952. The summed E-state index contributed by atoms with van der Waals surface area (Å²) < 4.78 is 7.66. The number of aryl methyl sites for hydroxylation is 2. The smallest absolute Gasteiger partial charge is 0.307 e. The Kier molecular flexibility index (Phi) is 4.92. The summed E-state index contributed by atoms with van der Waals surface area (Å²) in [6.45, 7) is 2.44. The van der Waals surface area contributed by atoms with E-state index in [0.29, 0.717) is 16.2 Å². The molecule has 3 rings (SSSR count). The van der Waals surface area contributed by atoms with Gasteiger partial charge in [0, 0.05) is 6.54 Å². The molecule has 0 unspecified atom stereocenters. The second-order valence-electron chi connectivity index (χ2n) is 5.23. The number of methoxy groups -OCH3 is 1. The number of aromatic nitrogens is 1. The first-order chi connectivity index (χ1) is 11.6. The lowest BCUT2D eigenvalue weighted by Crippen LogP contribution is -2.19. The monoisotopic (exact) mass is 360 g/mol. The van der Waals surface area contributed by atoms with Crippen LogP contribution in [-0.2, 0) is 16.1 Å². The quantitative estimate of drug-likeness (QED) is 0.670. The fourth-order valence-electron chi connectivity index (χ4n) is 2.33. The molecule has 0 radical (unpaired) electrons. The van der Waals surface area contributed by atoms with Crippen LogP contribution < -0.4 is 4.80 Å². The van der Waals surface area contributed by atoms with E-state index in [9.17, 15) is 9.59 Å². The Morgan fingerprint density at radius 2 is 2.12 bits per heavy atom. The number of thiazole rings is 1. The van der Waals surface area contributed by atoms with Gasteiger partial charge in [-0.3, -0.25) is 9.59 Å². The van der Waals surface area contributed by atoms with Crippen molar-refractivity contribution in [1.82, 2.24) is 4.57 Å². The van der Waals surface area contributed by atoms with Gasteiger partial charge in [0.15, 0.2) is 4.80 Å². The van der Waals surface area contributed by atoms with Gasteiger partial charge >= 0.3 is 5.97 Å². The lowest BCUT2D eigenvalue weighted by atomic mass is 10.2. The Balaban J connectivity index is 2.07. The summed E-state index contributed by atoms with van der Waals surface area (Å²) in [6, 6.07) is 9.64. The maximum atomic E-state index is 12.3. The summed E-state index contributed by atoms with van der Waals surface area (Å²) >= 11 is 2.82. The lowest BCUT2D eigenvalue weighted by Gasteiger charge is -2.04. The second-order valence-corrected chi connectivity index (χ2v) is 7.18. The third-order valence-corrected chi connectivity index (χ3v) is 5.43. The fourth-order valence-corrected chi connectivity index (χ4v) is 4.09. The first kappa shape index (κ1) is 16.6. The van der Waals surface area contributed by atoms with Crippen molar-refractivity contribution in [3.05, 3.63) is 51.0 Å². The zero-order valence-electron chi connectivity index (χ0n) is 13.3. The van der Waals surface area contributed by atoms with Crippen LogP contribution in [-0.4, -0.2) is 23.6 Å². The van der Waals surface area contributed by atoms with Crippen LogP contribution in [0.4, 0.5) is 0 Å². The Morgan fingerprint density at radius 1 is 1.29 bits per heavy atom. The van der Waals surface area contributed by atoms with Gasteiger partial charge in [-0.25, -0.2) is 0 Å². The maximum absolute atomic E-state index is 12.3. The zero-order valence-corrected chi connectivity index (χ0v) is 14.9. The predicted octanol–water partition coefficient (Wildman–Crippen LogP) is 3.38. The summed E-state index contributed by atoms with van der Waals surface area (Å²) in [5.41, 5.74) is 2.10. The molecule has 0 fully saturated rings. The van der Waals surface area contributed by atoms with E-state index in [1.54, 1.807) is 6.07 Å². The van der Waals surface area contributed by atoms with Gasteiger partial charge in [-0.1, -0.05) is 23.5 Å². The minimum Gasteiger partial charge on any atom is -0.469 e. The average Bonchev–Trinajstić information content (AvgIpc) is 3.20. The predicted molar refractivity (Wildman–Crippen MR) is 95.4 cm³/mol. The summed E-state index contributed by atoms with van der Waals surface area (Å²) in [4.78, 5) is 29.3. The Morgan fingerprint density at radius 3 is 2.83 bits per heavy atom. The van der Waals surface area contributed by atoms with Gasteiger partial charge < -0.3 is 9.30 Å². The zero-order chi connectivity index (χ0) is 17.1. The molecule has 0 aliphatic rings. The number of fused-ring (bicyclic) bond motifs is 1. The number of nitrogens with zero attached hydrogens (tertiary/aromatic N) is 2. The number of benzene rings is 1. The second kappa shape index (κ2) is 7.11. The van der Waals surface area contributed by atoms with Crippen molar-refractivity contribution in [3.8, 4) is 0 Å². The molecule has 0 saturated carbocycles. The molecular weight excluding hydrogens is 344 g/mol. The van der Waals surface area contributed by atoms with Gasteiger partial charge in [-0.15, -0.1) is 11.3 Å². The number of thiophene rings is 1. The van der Waals surface area contributed by atoms with Crippen molar-refractivity contribution in [3.63, 3.8) is 0 Å². The van der Waals surface area contributed by atoms with Crippen molar-refractivity contribution < 1.29 is 14.3 Å². The number of hydrogen-bond donors (Lipinski definition) is 0. The molecule has 124 valence electrons. The van der Waals surface area contributed by atoms with Crippen LogP contribution >= 0.6 is 22.7 Å². The molecule has 5 nitrogen and oxygen atoms in total. The molecule has 2 aromatic heterocycles. The van der Waals surface area contributed by atoms with Gasteiger partial charge in [-0.05, 0) is 36.1 Å². The average molecular weight is 360 g/mol. The van der Waals surface area contributed by atoms with Crippen LogP contribution in [0.1, 0.15) is 21.7 Å². The van der Waals surface area contributed by atoms with E-state index < -0.39 is 0 Å². The SMILES string of the molecule is COC(=O)CCn1c(=NC(=O)c2cccs2)sc2cc(C)ccc21. The van der Waals surface area contributed by atoms with Gasteiger partial charge in [0.1, 0.15) is 0 Å². The molecule has 1 amide bonds.